The first-order valence-corrected chi connectivity index (χ1v) is 15.9. The summed E-state index contributed by atoms with van der Waals surface area (Å²) >= 11 is 6.21. The second kappa shape index (κ2) is 9.85. The summed E-state index contributed by atoms with van der Waals surface area (Å²) in [5, 5.41) is 24.6. The lowest BCUT2D eigenvalue weighted by molar-refractivity contribution is -0.0354. The normalized spacial score (nSPS) is 34.2. The van der Waals surface area contributed by atoms with Gasteiger partial charge in [-0.1, -0.05) is 0 Å². The standard InChI is InChI=1S/C19H29ClN6O8P2/c20-19-23-16(22-11-7-25-4-1-10(11)2-5-25)13-17(24-19)26(8-21-13)18-15(28)14(27)12(34-18)3-6-35(29,30)9-36(31,32)33/h8,10-12,14-15,18,27-28H,1-7,9H2,(H,29,30)(H,22,23,24)(H2,31,32,33)/t11?,12-,14?,15?,18-/m1/s1. The van der Waals surface area contributed by atoms with E-state index in [0.717, 1.165) is 32.5 Å². The van der Waals surface area contributed by atoms with Crippen LogP contribution in [0.15, 0.2) is 6.33 Å². The molecule has 2 bridgehead atoms. The molecule has 2 aromatic heterocycles. The Morgan fingerprint density at radius 2 is 1.86 bits per heavy atom. The van der Waals surface area contributed by atoms with Crippen LogP contribution in [0, 0.1) is 5.92 Å². The lowest BCUT2D eigenvalue weighted by Gasteiger charge is -2.45. The number of aliphatic hydroxyl groups excluding tert-OH is 2. The van der Waals surface area contributed by atoms with E-state index in [1.165, 1.54) is 10.9 Å². The fraction of sp³-hybridized carbons (Fsp3) is 0.737. The van der Waals surface area contributed by atoms with Gasteiger partial charge in [0.25, 0.3) is 0 Å². The van der Waals surface area contributed by atoms with Crippen LogP contribution in [0.3, 0.4) is 0 Å². The lowest BCUT2D eigenvalue weighted by atomic mass is 9.84. The molecule has 17 heteroatoms. The number of nitrogens with one attached hydrogen (secondary N) is 1. The molecule has 4 saturated heterocycles. The molecule has 0 saturated carbocycles. The SMILES string of the molecule is O=P(O)(O)CP(=O)(O)CC[C@H]1O[C@@H](n2cnc3c(NC4CN5CCC4CC5)nc(Cl)nc32)C(O)C1O. The summed E-state index contributed by atoms with van der Waals surface area (Å²) in [6, 6.07) is 0.189. The van der Waals surface area contributed by atoms with Crippen LogP contribution >= 0.6 is 26.6 Å². The molecule has 14 nitrogen and oxygen atoms in total. The fourth-order valence-corrected chi connectivity index (χ4v) is 9.06. The molecule has 4 aliphatic heterocycles. The first-order valence-electron chi connectivity index (χ1n) is 11.7. The number of ether oxygens (including phenoxy) is 1. The zero-order chi connectivity index (χ0) is 25.8. The molecule has 0 amide bonds. The summed E-state index contributed by atoms with van der Waals surface area (Å²) < 4.78 is 30.5. The van der Waals surface area contributed by atoms with Gasteiger partial charge in [-0.2, -0.15) is 9.97 Å². The smallest absolute Gasteiger partial charge is 0.335 e. The number of aromatic nitrogens is 4. The zero-order valence-electron chi connectivity index (χ0n) is 19.2. The van der Waals surface area contributed by atoms with Crippen molar-refractivity contribution in [3.63, 3.8) is 0 Å². The molecule has 0 spiro atoms. The van der Waals surface area contributed by atoms with E-state index >= 15 is 0 Å². The van der Waals surface area contributed by atoms with Gasteiger partial charge < -0.3 is 39.8 Å². The number of piperidine rings is 3. The number of rotatable bonds is 8. The number of nitrogens with zero attached hydrogens (tertiary/aromatic N) is 5. The van der Waals surface area contributed by atoms with Crippen molar-refractivity contribution in [2.75, 3.05) is 37.0 Å². The highest BCUT2D eigenvalue weighted by Crippen LogP contribution is 2.55. The maximum Gasteiger partial charge on any atom is 0.335 e. The Bertz CT molecular complexity index is 1220. The molecule has 6 heterocycles. The van der Waals surface area contributed by atoms with Crippen LogP contribution in [-0.4, -0.2) is 105 Å². The predicted octanol–water partition coefficient (Wildman–Crippen LogP) is 0.401. The summed E-state index contributed by atoms with van der Waals surface area (Å²) in [5.41, 5.74) is 0.705. The molecule has 2 aromatic rings. The van der Waals surface area contributed by atoms with Crippen molar-refractivity contribution in [3.8, 4) is 0 Å². The number of anilines is 1. The molecule has 4 aliphatic rings. The van der Waals surface area contributed by atoms with Crippen LogP contribution < -0.4 is 5.32 Å². The van der Waals surface area contributed by atoms with Crippen molar-refractivity contribution in [2.45, 2.75) is 49.8 Å². The second-order valence-electron chi connectivity index (χ2n) is 9.77. The maximum atomic E-state index is 12.2. The van der Waals surface area contributed by atoms with Crippen LogP contribution in [0.1, 0.15) is 25.5 Å². The minimum absolute atomic E-state index is 0.0312. The highest BCUT2D eigenvalue weighted by atomic mass is 35.5. The summed E-state index contributed by atoms with van der Waals surface area (Å²) in [6.07, 6.45) is -2.10. The Hall–Kier alpha value is -1.18. The van der Waals surface area contributed by atoms with E-state index in [4.69, 9.17) is 26.1 Å². The Kier molecular flexibility index (Phi) is 7.23. The molecule has 6 atom stereocenters. The largest absolute Gasteiger partial charge is 0.388 e. The Balaban J connectivity index is 1.34. The quantitative estimate of drug-likeness (QED) is 0.189. The van der Waals surface area contributed by atoms with Crippen LogP contribution in [-0.2, 0) is 13.9 Å². The molecule has 0 aromatic carbocycles. The number of imidazole rings is 1. The monoisotopic (exact) mass is 566 g/mol. The predicted molar refractivity (Wildman–Crippen MR) is 129 cm³/mol. The first-order chi connectivity index (χ1) is 16.9. The molecular formula is C19H29ClN6O8P2. The van der Waals surface area contributed by atoms with Gasteiger partial charge in [-0.15, -0.1) is 0 Å². The van der Waals surface area contributed by atoms with E-state index < -0.39 is 51.6 Å². The molecule has 200 valence electrons. The van der Waals surface area contributed by atoms with Gasteiger partial charge in [0.2, 0.25) is 12.7 Å². The van der Waals surface area contributed by atoms with Gasteiger partial charge >= 0.3 is 7.60 Å². The summed E-state index contributed by atoms with van der Waals surface area (Å²) in [4.78, 5) is 43.3. The Morgan fingerprint density at radius 3 is 2.50 bits per heavy atom. The third-order valence-corrected chi connectivity index (χ3v) is 11.5. The van der Waals surface area contributed by atoms with Gasteiger partial charge in [0.05, 0.1) is 12.4 Å². The third kappa shape index (κ3) is 5.49. The van der Waals surface area contributed by atoms with Crippen molar-refractivity contribution in [1.29, 1.82) is 0 Å². The van der Waals surface area contributed by atoms with Gasteiger partial charge in [-0.05, 0) is 49.9 Å². The zero-order valence-corrected chi connectivity index (χ0v) is 21.7. The number of fused-ring (bicyclic) bond motifs is 4. The topological polar surface area (TPSA) is 203 Å². The van der Waals surface area contributed by atoms with E-state index in [-0.39, 0.29) is 23.4 Å². The highest BCUT2D eigenvalue weighted by molar-refractivity contribution is 7.72. The van der Waals surface area contributed by atoms with Crippen molar-refractivity contribution in [1.82, 2.24) is 24.4 Å². The Labute approximate surface area is 211 Å². The van der Waals surface area contributed by atoms with Crippen LogP contribution in [0.25, 0.3) is 11.2 Å². The number of hydrogen-bond donors (Lipinski definition) is 6. The molecule has 4 unspecified atom stereocenters. The fourth-order valence-electron chi connectivity index (χ4n) is 5.37. The van der Waals surface area contributed by atoms with Crippen molar-refractivity contribution in [3.05, 3.63) is 11.6 Å². The summed E-state index contributed by atoms with van der Waals surface area (Å²) in [6.45, 7) is 3.06. The van der Waals surface area contributed by atoms with E-state index in [0.29, 0.717) is 17.3 Å². The molecule has 4 fully saturated rings. The third-order valence-electron chi connectivity index (χ3n) is 7.15. The highest BCUT2D eigenvalue weighted by Gasteiger charge is 2.45. The number of hydrogen-bond acceptors (Lipinski definition) is 10. The van der Waals surface area contributed by atoms with Gasteiger partial charge in [-0.25, -0.2) is 4.98 Å². The maximum absolute atomic E-state index is 12.2. The number of aliphatic hydroxyl groups is 2. The van der Waals surface area contributed by atoms with E-state index in [9.17, 15) is 24.2 Å². The van der Waals surface area contributed by atoms with Crippen LogP contribution in [0.2, 0.25) is 5.28 Å². The molecule has 6 rings (SSSR count). The van der Waals surface area contributed by atoms with Crippen molar-refractivity contribution >= 4 is 43.5 Å². The van der Waals surface area contributed by atoms with E-state index in [1.54, 1.807) is 0 Å². The molecule has 0 aliphatic carbocycles. The molecule has 6 N–H and O–H groups in total. The minimum Gasteiger partial charge on any atom is -0.388 e. The molecular weight excluding hydrogens is 538 g/mol. The lowest BCUT2D eigenvalue weighted by Crippen LogP contribution is -2.53. The first kappa shape index (κ1) is 26.4. The van der Waals surface area contributed by atoms with Crippen molar-refractivity contribution < 1.29 is 38.8 Å². The minimum atomic E-state index is -4.70. The summed E-state index contributed by atoms with van der Waals surface area (Å²) in [5.74, 6) is -0.179. The van der Waals surface area contributed by atoms with Crippen LogP contribution in [0.4, 0.5) is 5.82 Å². The average Bonchev–Trinajstić information content (AvgIpc) is 3.33. The van der Waals surface area contributed by atoms with Gasteiger partial charge in [0, 0.05) is 18.7 Å². The average molecular weight is 567 g/mol. The Morgan fingerprint density at radius 1 is 1.14 bits per heavy atom. The van der Waals surface area contributed by atoms with Gasteiger partial charge in [-0.3, -0.25) is 13.7 Å². The second-order valence-corrected chi connectivity index (χ2v) is 14.7. The summed E-state index contributed by atoms with van der Waals surface area (Å²) in [7, 11) is -8.87. The van der Waals surface area contributed by atoms with Gasteiger partial charge in [0.15, 0.2) is 23.2 Å². The van der Waals surface area contributed by atoms with Crippen molar-refractivity contribution in [2.24, 2.45) is 5.92 Å². The number of halogens is 1. The molecule has 36 heavy (non-hydrogen) atoms. The van der Waals surface area contributed by atoms with E-state index in [2.05, 4.69) is 25.2 Å². The van der Waals surface area contributed by atoms with E-state index in [1.807, 2.05) is 0 Å². The van der Waals surface area contributed by atoms with Gasteiger partial charge in [0.1, 0.15) is 18.1 Å². The van der Waals surface area contributed by atoms with Crippen LogP contribution in [0.5, 0.6) is 0 Å². The molecule has 0 radical (unpaired) electrons.